The fourth-order valence-corrected chi connectivity index (χ4v) is 2.34. The van der Waals surface area contributed by atoms with Crippen molar-refractivity contribution in [2.45, 2.75) is 39.0 Å². The van der Waals surface area contributed by atoms with Crippen LogP contribution in [0.2, 0.25) is 0 Å². The fraction of sp³-hybridized carbons (Fsp3) is 0.615. The topological polar surface area (TPSA) is 50.9 Å². The summed E-state index contributed by atoms with van der Waals surface area (Å²) in [6, 6.07) is 3.87. The van der Waals surface area contributed by atoms with Crippen molar-refractivity contribution in [3.8, 4) is 0 Å². The quantitative estimate of drug-likeness (QED) is 0.821. The molecule has 3 heteroatoms. The summed E-state index contributed by atoms with van der Waals surface area (Å²) in [5, 5.41) is 3.39. The van der Waals surface area contributed by atoms with E-state index in [9.17, 15) is 0 Å². The van der Waals surface area contributed by atoms with Gasteiger partial charge in [0.2, 0.25) is 0 Å². The average molecular weight is 219 g/mol. The summed E-state index contributed by atoms with van der Waals surface area (Å²) in [4.78, 5) is 4.42. The number of hydrogen-bond acceptors (Lipinski definition) is 3. The number of nitrogen functional groups attached to an aromatic ring is 1. The maximum absolute atomic E-state index is 5.88. The van der Waals surface area contributed by atoms with E-state index in [0.717, 1.165) is 29.7 Å². The zero-order valence-electron chi connectivity index (χ0n) is 10.00. The minimum atomic E-state index is 0.751. The molecular formula is C13H21N3. The van der Waals surface area contributed by atoms with Crippen LogP contribution in [-0.4, -0.2) is 11.5 Å². The van der Waals surface area contributed by atoms with Gasteiger partial charge >= 0.3 is 0 Å². The first-order valence-electron chi connectivity index (χ1n) is 6.22. The summed E-state index contributed by atoms with van der Waals surface area (Å²) in [5.41, 5.74) is 7.65. The summed E-state index contributed by atoms with van der Waals surface area (Å²) in [5.74, 6) is 1.65. The van der Waals surface area contributed by atoms with Crippen LogP contribution in [0.3, 0.4) is 0 Å². The lowest BCUT2D eigenvalue weighted by Gasteiger charge is -2.22. The molecule has 1 aromatic rings. The molecule has 0 aliphatic heterocycles. The summed E-state index contributed by atoms with van der Waals surface area (Å²) in [6.45, 7) is 3.01. The highest BCUT2D eigenvalue weighted by Gasteiger charge is 2.13. The van der Waals surface area contributed by atoms with Crippen molar-refractivity contribution in [2.75, 3.05) is 17.6 Å². The van der Waals surface area contributed by atoms with Crippen LogP contribution < -0.4 is 11.1 Å². The minimum absolute atomic E-state index is 0.751. The summed E-state index contributed by atoms with van der Waals surface area (Å²) < 4.78 is 0. The third kappa shape index (κ3) is 2.87. The number of nitrogens with zero attached hydrogens (tertiary/aromatic N) is 1. The second-order valence-electron chi connectivity index (χ2n) is 4.78. The van der Waals surface area contributed by atoms with Crippen LogP contribution in [0.5, 0.6) is 0 Å². The largest absolute Gasteiger partial charge is 0.396 e. The van der Waals surface area contributed by atoms with E-state index in [2.05, 4.69) is 10.3 Å². The number of hydrogen-bond donors (Lipinski definition) is 2. The molecule has 3 N–H and O–H groups in total. The molecule has 1 aliphatic rings. The molecule has 0 saturated heterocycles. The van der Waals surface area contributed by atoms with E-state index in [1.165, 1.54) is 32.1 Å². The first-order chi connectivity index (χ1) is 7.75. The maximum atomic E-state index is 5.88. The first kappa shape index (κ1) is 11.2. The lowest BCUT2D eigenvalue weighted by molar-refractivity contribution is 0.373. The summed E-state index contributed by atoms with van der Waals surface area (Å²) in [6.07, 6.45) is 6.85. The third-order valence-corrected chi connectivity index (χ3v) is 3.35. The molecule has 0 amide bonds. The molecular weight excluding hydrogens is 198 g/mol. The molecule has 2 rings (SSSR count). The van der Waals surface area contributed by atoms with Gasteiger partial charge in [0.25, 0.3) is 0 Å². The number of nitrogens with one attached hydrogen (secondary N) is 1. The number of pyridine rings is 1. The molecule has 0 spiro atoms. The van der Waals surface area contributed by atoms with Gasteiger partial charge in [-0.3, -0.25) is 0 Å². The van der Waals surface area contributed by atoms with Gasteiger partial charge in [-0.25, -0.2) is 4.98 Å². The Morgan fingerprint density at radius 1 is 1.31 bits per heavy atom. The first-order valence-corrected chi connectivity index (χ1v) is 6.22. The number of rotatable bonds is 3. The molecule has 1 fully saturated rings. The second-order valence-corrected chi connectivity index (χ2v) is 4.78. The summed E-state index contributed by atoms with van der Waals surface area (Å²) in [7, 11) is 0. The second kappa shape index (κ2) is 5.19. The molecule has 0 atom stereocenters. The highest BCUT2D eigenvalue weighted by atomic mass is 15.0. The van der Waals surface area contributed by atoms with Crippen molar-refractivity contribution in [3.05, 3.63) is 17.8 Å². The Hall–Kier alpha value is -1.25. The molecule has 3 nitrogen and oxygen atoms in total. The SMILES string of the molecule is Cc1ccc(N)c(NCC2CCCCC2)n1. The Balaban J connectivity index is 1.90. The van der Waals surface area contributed by atoms with Gasteiger partial charge in [0.05, 0.1) is 5.69 Å². The van der Waals surface area contributed by atoms with Crippen LogP contribution >= 0.6 is 0 Å². The molecule has 1 saturated carbocycles. The molecule has 0 radical (unpaired) electrons. The summed E-state index contributed by atoms with van der Waals surface area (Å²) >= 11 is 0. The fourth-order valence-electron chi connectivity index (χ4n) is 2.34. The Morgan fingerprint density at radius 3 is 2.81 bits per heavy atom. The molecule has 1 heterocycles. The lowest BCUT2D eigenvalue weighted by Crippen LogP contribution is -2.18. The van der Waals surface area contributed by atoms with E-state index in [0.29, 0.717) is 0 Å². The van der Waals surface area contributed by atoms with Gasteiger partial charge in [-0.15, -0.1) is 0 Å². The van der Waals surface area contributed by atoms with Crippen molar-refractivity contribution in [1.82, 2.24) is 4.98 Å². The molecule has 88 valence electrons. The third-order valence-electron chi connectivity index (χ3n) is 3.35. The molecule has 0 unspecified atom stereocenters. The maximum Gasteiger partial charge on any atom is 0.149 e. The van der Waals surface area contributed by atoms with Crippen molar-refractivity contribution in [2.24, 2.45) is 5.92 Å². The van der Waals surface area contributed by atoms with Crippen LogP contribution in [-0.2, 0) is 0 Å². The predicted molar refractivity (Wildman–Crippen MR) is 68.5 cm³/mol. The molecule has 0 aromatic carbocycles. The minimum Gasteiger partial charge on any atom is -0.396 e. The van der Waals surface area contributed by atoms with Crippen LogP contribution in [0.25, 0.3) is 0 Å². The molecule has 1 aliphatic carbocycles. The average Bonchev–Trinajstić information content (AvgIpc) is 2.32. The van der Waals surface area contributed by atoms with Crippen LogP contribution in [0.1, 0.15) is 37.8 Å². The van der Waals surface area contributed by atoms with Crippen LogP contribution in [0.15, 0.2) is 12.1 Å². The zero-order valence-corrected chi connectivity index (χ0v) is 10.00. The van der Waals surface area contributed by atoms with Crippen LogP contribution in [0.4, 0.5) is 11.5 Å². The highest BCUT2D eigenvalue weighted by Crippen LogP contribution is 2.24. The van der Waals surface area contributed by atoms with Crippen molar-refractivity contribution >= 4 is 11.5 Å². The Kier molecular flexibility index (Phi) is 3.65. The Morgan fingerprint density at radius 2 is 2.06 bits per heavy atom. The monoisotopic (exact) mass is 219 g/mol. The number of nitrogens with two attached hydrogens (primary N) is 1. The van der Waals surface area contributed by atoms with Crippen molar-refractivity contribution < 1.29 is 0 Å². The standard InChI is InChI=1S/C13H21N3/c1-10-7-8-12(14)13(16-10)15-9-11-5-3-2-4-6-11/h7-8,11H,2-6,9,14H2,1H3,(H,15,16). The smallest absolute Gasteiger partial charge is 0.149 e. The van der Waals surface area contributed by atoms with Crippen molar-refractivity contribution in [3.63, 3.8) is 0 Å². The molecule has 1 aromatic heterocycles. The Labute approximate surface area is 97.5 Å². The van der Waals surface area contributed by atoms with E-state index in [-0.39, 0.29) is 0 Å². The van der Waals surface area contributed by atoms with E-state index >= 15 is 0 Å². The van der Waals surface area contributed by atoms with E-state index < -0.39 is 0 Å². The zero-order chi connectivity index (χ0) is 11.4. The van der Waals surface area contributed by atoms with Gasteiger partial charge < -0.3 is 11.1 Å². The number of aryl methyl sites for hydroxylation is 1. The highest BCUT2D eigenvalue weighted by molar-refractivity contribution is 5.61. The van der Waals surface area contributed by atoms with Gasteiger partial charge in [0.1, 0.15) is 5.82 Å². The van der Waals surface area contributed by atoms with E-state index in [4.69, 9.17) is 5.73 Å². The van der Waals surface area contributed by atoms with Gasteiger partial charge in [-0.2, -0.15) is 0 Å². The van der Waals surface area contributed by atoms with Gasteiger partial charge in [0, 0.05) is 12.2 Å². The Bertz CT molecular complexity index is 343. The van der Waals surface area contributed by atoms with E-state index in [1.54, 1.807) is 0 Å². The van der Waals surface area contributed by atoms with Crippen molar-refractivity contribution in [1.29, 1.82) is 0 Å². The van der Waals surface area contributed by atoms with Gasteiger partial charge in [-0.05, 0) is 37.8 Å². The van der Waals surface area contributed by atoms with Gasteiger partial charge in [0.15, 0.2) is 0 Å². The molecule has 0 bridgehead atoms. The van der Waals surface area contributed by atoms with E-state index in [1.807, 2.05) is 19.1 Å². The predicted octanol–water partition coefficient (Wildman–Crippen LogP) is 2.96. The number of anilines is 2. The number of aromatic nitrogens is 1. The lowest BCUT2D eigenvalue weighted by atomic mass is 9.89. The van der Waals surface area contributed by atoms with Crippen LogP contribution in [0, 0.1) is 12.8 Å². The molecule has 16 heavy (non-hydrogen) atoms. The van der Waals surface area contributed by atoms with Gasteiger partial charge in [-0.1, -0.05) is 19.3 Å². The normalized spacial score (nSPS) is 17.3.